The third-order valence-electron chi connectivity index (χ3n) is 0.862. The average molecular weight is 98.1 g/mol. The summed E-state index contributed by atoms with van der Waals surface area (Å²) < 4.78 is 0. The molecule has 0 aromatic heterocycles. The Labute approximate surface area is 41.1 Å². The molecule has 1 N–H and O–H groups in total. The number of hydrogen-bond acceptors (Lipinski definition) is 1. The standard InChI is InChI=1S/C3H6N4/c4-6-7-5-3-1-2-3/h3,5H,1-2H2. The van der Waals surface area contributed by atoms with Gasteiger partial charge >= 0.3 is 0 Å². The van der Waals surface area contributed by atoms with E-state index in [2.05, 4.69) is 15.6 Å². The molecule has 0 unspecified atom stereocenters. The van der Waals surface area contributed by atoms with Crippen LogP contribution in [0, 0.1) is 0 Å². The predicted octanol–water partition coefficient (Wildman–Crippen LogP) is 0.964. The third kappa shape index (κ3) is 1.32. The van der Waals surface area contributed by atoms with E-state index in [-0.39, 0.29) is 0 Å². The van der Waals surface area contributed by atoms with Gasteiger partial charge in [-0.25, -0.2) is 0 Å². The summed E-state index contributed by atoms with van der Waals surface area (Å²) in [4.78, 5) is 2.53. The number of rotatable bonds is 2. The number of hydrogen-bond donors (Lipinski definition) is 1. The highest BCUT2D eigenvalue weighted by molar-refractivity contribution is 4.78. The molecule has 0 bridgehead atoms. The summed E-state index contributed by atoms with van der Waals surface area (Å²) in [7, 11) is 0. The van der Waals surface area contributed by atoms with Gasteiger partial charge in [-0.15, -0.1) is 5.53 Å². The topological polar surface area (TPSA) is 60.8 Å². The summed E-state index contributed by atoms with van der Waals surface area (Å²) in [5, 5.41) is 3.16. The summed E-state index contributed by atoms with van der Waals surface area (Å²) in [6.07, 6.45) is 2.30. The Kier molecular flexibility index (Phi) is 1.04. The molecule has 0 aromatic rings. The van der Waals surface area contributed by atoms with Crippen LogP contribution in [0.2, 0.25) is 0 Å². The monoisotopic (exact) mass is 98.1 g/mol. The quantitative estimate of drug-likeness (QED) is 0.238. The second-order valence-electron chi connectivity index (χ2n) is 1.59. The fourth-order valence-corrected chi connectivity index (χ4v) is 0.320. The molecule has 4 heteroatoms. The lowest BCUT2D eigenvalue weighted by Gasteiger charge is -1.81. The number of azide groups is 1. The van der Waals surface area contributed by atoms with E-state index >= 15 is 0 Å². The molecule has 7 heavy (non-hydrogen) atoms. The summed E-state index contributed by atoms with van der Waals surface area (Å²) in [6.45, 7) is 0. The minimum absolute atomic E-state index is 0.482. The summed E-state index contributed by atoms with van der Waals surface area (Å²) >= 11 is 0. The Morgan fingerprint density at radius 3 is 2.86 bits per heavy atom. The molecule has 0 spiro atoms. The van der Waals surface area contributed by atoms with Gasteiger partial charge in [0.1, 0.15) is 0 Å². The van der Waals surface area contributed by atoms with Crippen molar-refractivity contribution in [2.75, 3.05) is 0 Å². The van der Waals surface area contributed by atoms with Crippen molar-refractivity contribution in [1.82, 2.24) is 5.43 Å². The highest BCUT2D eigenvalue weighted by atomic mass is 15.4. The van der Waals surface area contributed by atoms with Gasteiger partial charge in [0.15, 0.2) is 0 Å². The van der Waals surface area contributed by atoms with E-state index in [1.165, 1.54) is 0 Å². The predicted molar refractivity (Wildman–Crippen MR) is 25.3 cm³/mol. The van der Waals surface area contributed by atoms with E-state index < -0.39 is 0 Å². The van der Waals surface area contributed by atoms with E-state index in [1.54, 1.807) is 0 Å². The van der Waals surface area contributed by atoms with Crippen LogP contribution in [0.15, 0.2) is 5.22 Å². The minimum atomic E-state index is 0.482. The molecule has 1 fully saturated rings. The van der Waals surface area contributed by atoms with Crippen molar-refractivity contribution in [2.45, 2.75) is 18.9 Å². The highest BCUT2D eigenvalue weighted by Crippen LogP contribution is 2.18. The molecule has 0 saturated heterocycles. The lowest BCUT2D eigenvalue weighted by molar-refractivity contribution is 0.727. The molecule has 38 valence electrons. The van der Waals surface area contributed by atoms with Crippen LogP contribution in [-0.2, 0) is 0 Å². The fourth-order valence-electron chi connectivity index (χ4n) is 0.320. The second kappa shape index (κ2) is 1.71. The smallest absolute Gasteiger partial charge is 0.0968 e. The van der Waals surface area contributed by atoms with Gasteiger partial charge in [0, 0.05) is 0 Å². The van der Waals surface area contributed by atoms with Crippen LogP contribution in [0.4, 0.5) is 0 Å². The minimum Gasteiger partial charge on any atom is -0.258 e. The largest absolute Gasteiger partial charge is 0.258 e. The van der Waals surface area contributed by atoms with Gasteiger partial charge in [-0.2, -0.15) is 4.91 Å². The molecule has 0 aliphatic heterocycles. The van der Waals surface area contributed by atoms with E-state index in [0.29, 0.717) is 6.04 Å². The molecule has 1 aliphatic rings. The summed E-state index contributed by atoms with van der Waals surface area (Å²) in [6, 6.07) is 0.482. The number of nitrogens with one attached hydrogen (secondary N) is 1. The van der Waals surface area contributed by atoms with Crippen molar-refractivity contribution in [1.29, 1.82) is 0 Å². The maximum absolute atomic E-state index is 7.74. The van der Waals surface area contributed by atoms with Crippen molar-refractivity contribution in [3.8, 4) is 0 Å². The van der Waals surface area contributed by atoms with Crippen LogP contribution >= 0.6 is 0 Å². The second-order valence-corrected chi connectivity index (χ2v) is 1.59. The SMILES string of the molecule is [N-]=[N+]=NNC1CC1. The van der Waals surface area contributed by atoms with Crippen molar-refractivity contribution < 1.29 is 0 Å². The molecule has 0 aromatic carbocycles. The zero-order valence-corrected chi connectivity index (χ0v) is 3.83. The Morgan fingerprint density at radius 1 is 1.71 bits per heavy atom. The third-order valence-corrected chi connectivity index (χ3v) is 0.862. The molecule has 0 radical (unpaired) electrons. The molecule has 0 amide bonds. The molecule has 1 rings (SSSR count). The van der Waals surface area contributed by atoms with Gasteiger partial charge < -0.3 is 0 Å². The normalized spacial score (nSPS) is 17.7. The van der Waals surface area contributed by atoms with Crippen molar-refractivity contribution in [2.24, 2.45) is 5.22 Å². The van der Waals surface area contributed by atoms with E-state index in [1.807, 2.05) is 0 Å². The van der Waals surface area contributed by atoms with Crippen LogP contribution in [0.5, 0.6) is 0 Å². The summed E-state index contributed by atoms with van der Waals surface area (Å²) in [5.74, 6) is 0. The molecular weight excluding hydrogens is 92.1 g/mol. The van der Waals surface area contributed by atoms with Gasteiger partial charge in [-0.3, -0.25) is 5.43 Å². The van der Waals surface area contributed by atoms with Crippen LogP contribution in [-0.4, -0.2) is 6.04 Å². The van der Waals surface area contributed by atoms with E-state index in [0.717, 1.165) is 12.8 Å². The van der Waals surface area contributed by atoms with Gasteiger partial charge in [-0.1, -0.05) is 0 Å². The Morgan fingerprint density at radius 2 is 2.43 bits per heavy atom. The van der Waals surface area contributed by atoms with Crippen molar-refractivity contribution in [3.63, 3.8) is 0 Å². The van der Waals surface area contributed by atoms with Crippen molar-refractivity contribution in [3.05, 3.63) is 10.4 Å². The first-order valence-corrected chi connectivity index (χ1v) is 2.23. The first-order chi connectivity index (χ1) is 3.43. The van der Waals surface area contributed by atoms with Crippen molar-refractivity contribution >= 4 is 0 Å². The van der Waals surface area contributed by atoms with Crippen LogP contribution in [0.3, 0.4) is 0 Å². The van der Waals surface area contributed by atoms with E-state index in [4.69, 9.17) is 5.53 Å². The average Bonchev–Trinajstić information content (AvgIpc) is 2.42. The Hall–Kier alpha value is -0.890. The first-order valence-electron chi connectivity index (χ1n) is 2.23. The molecule has 0 heterocycles. The zero-order valence-electron chi connectivity index (χ0n) is 3.83. The maximum atomic E-state index is 7.74. The molecule has 1 aliphatic carbocycles. The molecular formula is C3H6N4. The van der Waals surface area contributed by atoms with Crippen LogP contribution in [0.1, 0.15) is 12.8 Å². The highest BCUT2D eigenvalue weighted by Gasteiger charge is 2.23. The molecule has 1 saturated carbocycles. The fraction of sp³-hybridized carbons (Fsp3) is 1.00. The maximum Gasteiger partial charge on any atom is 0.0968 e. The van der Waals surface area contributed by atoms with Crippen LogP contribution in [0.25, 0.3) is 10.4 Å². The zero-order chi connectivity index (χ0) is 5.11. The van der Waals surface area contributed by atoms with Gasteiger partial charge in [0.25, 0.3) is 0 Å². The lowest BCUT2D eigenvalue weighted by atomic mass is 10.8. The first kappa shape index (κ1) is 4.27. The van der Waals surface area contributed by atoms with E-state index in [9.17, 15) is 0 Å². The van der Waals surface area contributed by atoms with Gasteiger partial charge in [-0.05, 0) is 18.1 Å². The van der Waals surface area contributed by atoms with Gasteiger partial charge in [0.2, 0.25) is 0 Å². The molecule has 4 nitrogen and oxygen atoms in total. The lowest BCUT2D eigenvalue weighted by Crippen LogP contribution is -2.04. The summed E-state index contributed by atoms with van der Waals surface area (Å²) in [5.41, 5.74) is 10.4. The van der Waals surface area contributed by atoms with Gasteiger partial charge in [0.05, 0.1) is 6.04 Å². The van der Waals surface area contributed by atoms with Crippen LogP contribution < -0.4 is 5.43 Å². The number of nitrogens with zero attached hydrogens (tertiary/aromatic N) is 3. The Balaban J connectivity index is 2.09. The molecule has 0 atom stereocenters. The Bertz CT molecular complexity index is 99.5.